The highest BCUT2D eigenvalue weighted by molar-refractivity contribution is 7.88. The van der Waals surface area contributed by atoms with Crippen molar-refractivity contribution in [1.82, 2.24) is 24.5 Å². The van der Waals surface area contributed by atoms with Crippen molar-refractivity contribution in [3.63, 3.8) is 0 Å². The number of phenols is 1. The summed E-state index contributed by atoms with van der Waals surface area (Å²) in [5.41, 5.74) is -1.30. The van der Waals surface area contributed by atoms with E-state index in [1.54, 1.807) is 4.31 Å². The standard InChI is InChI=1S/C38H42F4N6O4S/c1-53(50,51)48-13-10-37(20-48)8-11-46(12-9-37)19-38(6-7-38)21-52-36-44-34-27(35(45-36)47-17-23-3-4-24(18-47)43-23)16-29(40)31(33(34)42)26-15-25(49)14-22-2-5-28(39)32(41)30(22)26/h2,5,14-16,23-24,43,49H,3-4,6-13,17-21H2,1H3. The summed E-state index contributed by atoms with van der Waals surface area (Å²) < 4.78 is 94.9. The van der Waals surface area contributed by atoms with Crippen molar-refractivity contribution in [2.75, 3.05) is 63.6 Å². The highest BCUT2D eigenvalue weighted by atomic mass is 32.2. The van der Waals surface area contributed by atoms with E-state index < -0.39 is 38.9 Å². The first-order valence-electron chi connectivity index (χ1n) is 18.4. The summed E-state index contributed by atoms with van der Waals surface area (Å²) >= 11 is 0. The molecule has 0 amide bonds. The van der Waals surface area contributed by atoms with Crippen LogP contribution in [0.1, 0.15) is 44.9 Å². The van der Waals surface area contributed by atoms with E-state index in [4.69, 9.17) is 9.72 Å². The highest BCUT2D eigenvalue weighted by Crippen LogP contribution is 2.49. The summed E-state index contributed by atoms with van der Waals surface area (Å²) in [5, 5.41) is 13.9. The molecule has 0 radical (unpaired) electrons. The van der Waals surface area contributed by atoms with Gasteiger partial charge < -0.3 is 25.0 Å². The van der Waals surface area contributed by atoms with Crippen LogP contribution in [-0.2, 0) is 10.0 Å². The molecular formula is C38H42F4N6O4S. The van der Waals surface area contributed by atoms with E-state index in [1.165, 1.54) is 18.4 Å². The van der Waals surface area contributed by atoms with Crippen LogP contribution in [0.2, 0.25) is 0 Å². The molecule has 1 saturated carbocycles. The van der Waals surface area contributed by atoms with E-state index in [1.807, 2.05) is 4.90 Å². The number of rotatable bonds is 8. The summed E-state index contributed by atoms with van der Waals surface area (Å²) in [4.78, 5) is 13.7. The quantitative estimate of drug-likeness (QED) is 0.224. The Hall–Kier alpha value is -3.79. The minimum absolute atomic E-state index is 0.0265. The lowest BCUT2D eigenvalue weighted by Crippen LogP contribution is -2.51. The molecule has 2 N–H and O–H groups in total. The molecule has 10 nitrogen and oxygen atoms in total. The van der Waals surface area contributed by atoms with E-state index in [2.05, 4.69) is 15.2 Å². The molecule has 3 aromatic carbocycles. The SMILES string of the molecule is CS(=O)(=O)N1CCC2(CCN(CC3(COc4nc(N5CC6CCC(C5)N6)c5cc(F)c(-c6cc(O)cc7ccc(F)c(F)c67)c(F)c5n4)CC3)CC2)C1. The third kappa shape index (κ3) is 6.36. The van der Waals surface area contributed by atoms with E-state index in [-0.39, 0.29) is 61.9 Å². The molecule has 53 heavy (non-hydrogen) atoms. The Morgan fingerprint density at radius 3 is 2.32 bits per heavy atom. The number of benzene rings is 3. The van der Waals surface area contributed by atoms with E-state index in [0.29, 0.717) is 38.6 Å². The number of piperidine rings is 1. The number of hydrogen-bond acceptors (Lipinski definition) is 9. The number of aromatic hydroxyl groups is 1. The number of piperazine rings is 1. The van der Waals surface area contributed by atoms with Crippen LogP contribution in [0.5, 0.6) is 11.8 Å². The fourth-order valence-electron chi connectivity index (χ4n) is 9.25. The van der Waals surface area contributed by atoms with Crippen LogP contribution in [0.4, 0.5) is 23.4 Å². The smallest absolute Gasteiger partial charge is 0.319 e. The number of sulfonamides is 1. The van der Waals surface area contributed by atoms with Gasteiger partial charge in [-0.3, -0.25) is 0 Å². The van der Waals surface area contributed by atoms with Crippen LogP contribution >= 0.6 is 0 Å². The van der Waals surface area contributed by atoms with Gasteiger partial charge in [0.2, 0.25) is 10.0 Å². The summed E-state index contributed by atoms with van der Waals surface area (Å²) in [6.07, 6.45) is 7.86. The molecule has 5 heterocycles. The normalized spacial score (nSPS) is 24.1. The molecule has 1 aromatic heterocycles. The zero-order valence-corrected chi connectivity index (χ0v) is 30.3. The maximum atomic E-state index is 16.9. The number of hydrogen-bond donors (Lipinski definition) is 2. The lowest BCUT2D eigenvalue weighted by Gasteiger charge is -2.40. The van der Waals surface area contributed by atoms with Gasteiger partial charge in [-0.2, -0.15) is 9.97 Å². The molecule has 4 saturated heterocycles. The Bertz CT molecular complexity index is 2240. The van der Waals surface area contributed by atoms with Crippen LogP contribution in [-0.4, -0.2) is 103 Å². The number of phenolic OH excluding ortho intramolecular Hbond substituents is 1. The van der Waals surface area contributed by atoms with Gasteiger partial charge in [-0.15, -0.1) is 0 Å². The molecule has 5 fully saturated rings. The van der Waals surface area contributed by atoms with Crippen molar-refractivity contribution in [2.45, 2.75) is 57.0 Å². The van der Waals surface area contributed by atoms with Crippen molar-refractivity contribution >= 4 is 37.5 Å². The lowest BCUT2D eigenvalue weighted by atomic mass is 9.77. The van der Waals surface area contributed by atoms with Crippen LogP contribution < -0.4 is 15.0 Å². The number of ether oxygens (including phenoxy) is 1. The Kier molecular flexibility index (Phi) is 8.33. The third-order valence-electron chi connectivity index (χ3n) is 12.4. The number of nitrogens with zero attached hydrogens (tertiary/aromatic N) is 5. The molecule has 2 atom stereocenters. The first-order chi connectivity index (χ1) is 25.3. The largest absolute Gasteiger partial charge is 0.508 e. The summed E-state index contributed by atoms with van der Waals surface area (Å²) in [7, 11) is -3.20. The second kappa shape index (κ2) is 12.6. The van der Waals surface area contributed by atoms with Gasteiger partial charge in [0.25, 0.3) is 0 Å². The van der Waals surface area contributed by atoms with Gasteiger partial charge in [-0.1, -0.05) is 6.07 Å². The summed E-state index contributed by atoms with van der Waals surface area (Å²) in [5.74, 6) is -4.60. The van der Waals surface area contributed by atoms with E-state index in [9.17, 15) is 17.9 Å². The third-order valence-corrected chi connectivity index (χ3v) is 13.7. The zero-order chi connectivity index (χ0) is 36.9. The topological polar surface area (TPSA) is 111 Å². The van der Waals surface area contributed by atoms with Crippen molar-refractivity contribution < 1.29 is 35.8 Å². The van der Waals surface area contributed by atoms with Crippen molar-refractivity contribution in [2.24, 2.45) is 10.8 Å². The molecule has 15 heteroatoms. The van der Waals surface area contributed by atoms with Gasteiger partial charge in [-0.25, -0.2) is 30.3 Å². The minimum Gasteiger partial charge on any atom is -0.508 e. The first-order valence-corrected chi connectivity index (χ1v) is 20.3. The molecule has 9 rings (SSSR count). The minimum atomic E-state index is -3.20. The van der Waals surface area contributed by atoms with Crippen molar-refractivity contribution in [3.8, 4) is 22.9 Å². The average Bonchev–Trinajstić information content (AvgIpc) is 3.61. The van der Waals surface area contributed by atoms with Gasteiger partial charge in [0.1, 0.15) is 22.9 Å². The molecular weight excluding hydrogens is 713 g/mol. The number of aromatic nitrogens is 2. The Morgan fingerprint density at radius 1 is 0.925 bits per heavy atom. The zero-order valence-electron chi connectivity index (χ0n) is 29.5. The second-order valence-electron chi connectivity index (χ2n) is 16.2. The van der Waals surface area contributed by atoms with Gasteiger partial charge in [0.15, 0.2) is 17.5 Å². The maximum absolute atomic E-state index is 16.9. The lowest BCUT2D eigenvalue weighted by molar-refractivity contribution is 0.0827. The van der Waals surface area contributed by atoms with E-state index in [0.717, 1.165) is 82.8 Å². The fourth-order valence-corrected chi connectivity index (χ4v) is 10.2. The van der Waals surface area contributed by atoms with Crippen LogP contribution in [0, 0.1) is 34.1 Å². The second-order valence-corrected chi connectivity index (χ2v) is 18.2. The number of likely N-dealkylation sites (tertiary alicyclic amines) is 1. The van der Waals surface area contributed by atoms with Gasteiger partial charge >= 0.3 is 6.01 Å². The Morgan fingerprint density at radius 2 is 1.64 bits per heavy atom. The number of halogens is 4. The van der Waals surface area contributed by atoms with Crippen LogP contribution in [0.25, 0.3) is 32.8 Å². The Balaban J connectivity index is 1.02. The highest BCUT2D eigenvalue weighted by Gasteiger charge is 2.48. The summed E-state index contributed by atoms with van der Waals surface area (Å²) in [6, 6.07) is 5.86. The van der Waals surface area contributed by atoms with Gasteiger partial charge in [-0.05, 0) is 93.1 Å². The van der Waals surface area contributed by atoms with Crippen LogP contribution in [0.15, 0.2) is 30.3 Å². The predicted molar refractivity (Wildman–Crippen MR) is 192 cm³/mol. The maximum Gasteiger partial charge on any atom is 0.319 e. The Labute approximate surface area is 305 Å². The van der Waals surface area contributed by atoms with Gasteiger partial charge in [0.05, 0.1) is 18.4 Å². The predicted octanol–water partition coefficient (Wildman–Crippen LogP) is 5.56. The molecule has 2 unspecified atom stereocenters. The molecule has 5 aliphatic rings. The molecule has 1 spiro atoms. The fraction of sp³-hybridized carbons (Fsp3) is 0.526. The average molecular weight is 755 g/mol. The van der Waals surface area contributed by atoms with Crippen molar-refractivity contribution in [1.29, 1.82) is 0 Å². The molecule has 2 bridgehead atoms. The molecule has 1 aliphatic carbocycles. The molecule has 4 aliphatic heterocycles. The van der Waals surface area contributed by atoms with Gasteiger partial charge in [0, 0.05) is 66.6 Å². The summed E-state index contributed by atoms with van der Waals surface area (Å²) in [6.45, 7) is 5.16. The van der Waals surface area contributed by atoms with Crippen molar-refractivity contribution in [3.05, 3.63) is 53.6 Å². The van der Waals surface area contributed by atoms with Crippen LogP contribution in [0.3, 0.4) is 0 Å². The number of anilines is 1. The molecule has 282 valence electrons. The number of fused-ring (bicyclic) bond motifs is 4. The first kappa shape index (κ1) is 34.9. The molecule has 4 aromatic rings. The van der Waals surface area contributed by atoms with E-state index >= 15 is 13.2 Å². The number of nitrogens with one attached hydrogen (secondary N) is 1. The monoisotopic (exact) mass is 754 g/mol.